The Morgan fingerprint density at radius 2 is 2.26 bits per heavy atom. The highest BCUT2D eigenvalue weighted by atomic mass is 79.9. The molecule has 0 bridgehead atoms. The molecule has 0 aliphatic heterocycles. The van der Waals surface area contributed by atoms with Gasteiger partial charge in [0.2, 0.25) is 0 Å². The van der Waals surface area contributed by atoms with E-state index in [0.29, 0.717) is 18.0 Å². The van der Waals surface area contributed by atoms with E-state index in [-0.39, 0.29) is 5.92 Å². The minimum absolute atomic E-state index is 0.00914. The van der Waals surface area contributed by atoms with Crippen molar-refractivity contribution in [1.29, 1.82) is 0 Å². The molecule has 0 amide bonds. The number of rotatable bonds is 0. The van der Waals surface area contributed by atoms with Crippen LogP contribution in [0.3, 0.4) is 0 Å². The van der Waals surface area contributed by atoms with E-state index >= 15 is 0 Å². The summed E-state index contributed by atoms with van der Waals surface area (Å²) < 4.78 is 20.5. The molecule has 2 aliphatic rings. The van der Waals surface area contributed by atoms with Crippen LogP contribution in [0.4, 0.5) is 10.2 Å². The Morgan fingerprint density at radius 3 is 2.95 bits per heavy atom. The van der Waals surface area contributed by atoms with Crippen molar-refractivity contribution in [3.63, 3.8) is 0 Å². The normalized spacial score (nSPS) is 31.1. The third-order valence-corrected chi connectivity index (χ3v) is 5.14. The highest BCUT2D eigenvalue weighted by Crippen LogP contribution is 2.63. The molecule has 0 saturated heterocycles. The minimum Gasteiger partial charge on any atom is -0.381 e. The van der Waals surface area contributed by atoms with Gasteiger partial charge >= 0.3 is 0 Å². The van der Waals surface area contributed by atoms with Crippen LogP contribution in [0.2, 0.25) is 0 Å². The predicted octanol–water partition coefficient (Wildman–Crippen LogP) is 3.47. The zero-order valence-corrected chi connectivity index (χ0v) is 11.9. The number of alkyl halides is 1. The SMILES string of the molecule is CC1C(F)C12Cc1c(N)noc1-c1cc(Br)ccc12. The van der Waals surface area contributed by atoms with E-state index in [4.69, 9.17) is 10.3 Å². The van der Waals surface area contributed by atoms with Crippen molar-refractivity contribution >= 4 is 21.7 Å². The van der Waals surface area contributed by atoms with Crippen LogP contribution >= 0.6 is 15.9 Å². The summed E-state index contributed by atoms with van der Waals surface area (Å²) in [7, 11) is 0. The summed E-state index contributed by atoms with van der Waals surface area (Å²) in [4.78, 5) is 0. The number of benzene rings is 1. The van der Waals surface area contributed by atoms with Crippen molar-refractivity contribution in [2.75, 3.05) is 5.73 Å². The molecule has 2 aromatic rings. The minimum atomic E-state index is -0.824. The van der Waals surface area contributed by atoms with Gasteiger partial charge in [-0.1, -0.05) is 34.1 Å². The summed E-state index contributed by atoms with van der Waals surface area (Å²) in [6, 6.07) is 5.89. The quantitative estimate of drug-likeness (QED) is 0.808. The molecule has 5 heteroatoms. The molecular formula is C14H12BrFN2O. The maximum atomic E-state index is 14.3. The first-order valence-corrected chi connectivity index (χ1v) is 7.03. The summed E-state index contributed by atoms with van der Waals surface area (Å²) >= 11 is 3.45. The third kappa shape index (κ3) is 1.24. The molecule has 0 radical (unpaired) electrons. The average Bonchev–Trinajstić information content (AvgIpc) is 2.73. The third-order valence-electron chi connectivity index (χ3n) is 4.65. The Hall–Kier alpha value is -1.36. The summed E-state index contributed by atoms with van der Waals surface area (Å²) in [5, 5.41) is 3.84. The van der Waals surface area contributed by atoms with Crippen LogP contribution in [0.5, 0.6) is 0 Å². The van der Waals surface area contributed by atoms with E-state index in [1.54, 1.807) is 0 Å². The zero-order valence-electron chi connectivity index (χ0n) is 10.3. The number of nitrogens with zero attached hydrogens (tertiary/aromatic N) is 1. The molecule has 1 heterocycles. The largest absolute Gasteiger partial charge is 0.381 e. The van der Waals surface area contributed by atoms with Gasteiger partial charge in [0.1, 0.15) is 6.17 Å². The summed E-state index contributed by atoms with van der Waals surface area (Å²) in [6.07, 6.45) is -0.246. The summed E-state index contributed by atoms with van der Waals surface area (Å²) in [5.41, 5.74) is 8.18. The second kappa shape index (κ2) is 3.39. The fourth-order valence-electron chi connectivity index (χ4n) is 3.43. The van der Waals surface area contributed by atoms with Gasteiger partial charge in [0, 0.05) is 26.9 Å². The first kappa shape index (κ1) is 11.5. The lowest BCUT2D eigenvalue weighted by atomic mass is 9.78. The maximum Gasteiger partial charge on any atom is 0.172 e. The predicted molar refractivity (Wildman–Crippen MR) is 73.5 cm³/mol. The van der Waals surface area contributed by atoms with Crippen LogP contribution in [0.25, 0.3) is 11.3 Å². The van der Waals surface area contributed by atoms with Crippen LogP contribution in [0.15, 0.2) is 27.2 Å². The first-order chi connectivity index (χ1) is 9.05. The number of fused-ring (bicyclic) bond motifs is 4. The van der Waals surface area contributed by atoms with E-state index in [1.165, 1.54) is 0 Å². The summed E-state index contributed by atoms with van der Waals surface area (Å²) in [5.74, 6) is 1.08. The van der Waals surface area contributed by atoms with Gasteiger partial charge in [-0.05, 0) is 24.1 Å². The second-order valence-corrected chi connectivity index (χ2v) is 6.39. The number of nitrogen functional groups attached to an aromatic ring is 1. The van der Waals surface area contributed by atoms with E-state index in [1.807, 2.05) is 25.1 Å². The standard InChI is InChI=1S/C14H12BrFN2O/c1-6-12(16)14(6)5-9-11(19-18-13(9)17)8-4-7(15)2-3-10(8)14/h2-4,6,12H,5H2,1H3,(H2,17,18). The molecule has 98 valence electrons. The first-order valence-electron chi connectivity index (χ1n) is 6.24. The molecule has 1 aromatic carbocycles. The molecule has 1 saturated carbocycles. The lowest BCUT2D eigenvalue weighted by molar-refractivity contribution is 0.406. The second-order valence-electron chi connectivity index (χ2n) is 5.47. The van der Waals surface area contributed by atoms with Crippen molar-refractivity contribution in [3.05, 3.63) is 33.8 Å². The van der Waals surface area contributed by atoms with Gasteiger partial charge in [-0.15, -0.1) is 0 Å². The van der Waals surface area contributed by atoms with Crippen LogP contribution in [0.1, 0.15) is 18.1 Å². The number of nitrogens with two attached hydrogens (primary N) is 1. The van der Waals surface area contributed by atoms with Gasteiger partial charge in [-0.3, -0.25) is 0 Å². The van der Waals surface area contributed by atoms with Crippen LogP contribution in [-0.4, -0.2) is 11.3 Å². The number of hydrogen-bond acceptors (Lipinski definition) is 3. The highest BCUT2D eigenvalue weighted by molar-refractivity contribution is 9.10. The molecule has 3 unspecified atom stereocenters. The van der Waals surface area contributed by atoms with E-state index < -0.39 is 11.6 Å². The average molecular weight is 323 g/mol. The van der Waals surface area contributed by atoms with Crippen molar-refractivity contribution in [3.8, 4) is 11.3 Å². The van der Waals surface area contributed by atoms with E-state index in [2.05, 4.69) is 21.1 Å². The molecule has 1 aromatic heterocycles. The molecule has 2 aliphatic carbocycles. The number of anilines is 1. The van der Waals surface area contributed by atoms with Gasteiger partial charge in [-0.25, -0.2) is 4.39 Å². The molecule has 3 atom stereocenters. The summed E-state index contributed by atoms with van der Waals surface area (Å²) in [6.45, 7) is 1.95. The van der Waals surface area contributed by atoms with Gasteiger partial charge in [0.25, 0.3) is 0 Å². The highest BCUT2D eigenvalue weighted by Gasteiger charge is 2.66. The molecule has 19 heavy (non-hydrogen) atoms. The number of halogens is 2. The van der Waals surface area contributed by atoms with Gasteiger partial charge in [-0.2, -0.15) is 0 Å². The molecular weight excluding hydrogens is 311 g/mol. The van der Waals surface area contributed by atoms with Gasteiger partial charge in [0.05, 0.1) is 0 Å². The molecule has 3 nitrogen and oxygen atoms in total. The molecule has 1 spiro atoms. The molecule has 1 fully saturated rings. The lowest BCUT2D eigenvalue weighted by Gasteiger charge is -2.25. The zero-order chi connectivity index (χ0) is 13.4. The monoisotopic (exact) mass is 322 g/mol. The van der Waals surface area contributed by atoms with Crippen molar-refractivity contribution < 1.29 is 8.91 Å². The Morgan fingerprint density at radius 1 is 1.53 bits per heavy atom. The fourth-order valence-corrected chi connectivity index (χ4v) is 3.79. The van der Waals surface area contributed by atoms with Crippen LogP contribution in [0, 0.1) is 5.92 Å². The smallest absolute Gasteiger partial charge is 0.172 e. The number of aromatic nitrogens is 1. The maximum absolute atomic E-state index is 14.3. The molecule has 2 N–H and O–H groups in total. The van der Waals surface area contributed by atoms with Crippen LogP contribution < -0.4 is 5.73 Å². The Labute approximate surface area is 118 Å². The van der Waals surface area contributed by atoms with Crippen molar-refractivity contribution in [1.82, 2.24) is 5.16 Å². The Bertz CT molecular complexity index is 689. The Balaban J connectivity index is 2.03. The lowest BCUT2D eigenvalue weighted by Crippen LogP contribution is -2.22. The van der Waals surface area contributed by atoms with E-state index in [9.17, 15) is 4.39 Å². The number of hydrogen-bond donors (Lipinski definition) is 1. The molecule has 4 rings (SSSR count). The van der Waals surface area contributed by atoms with Gasteiger partial charge < -0.3 is 10.3 Å². The Kier molecular flexibility index (Phi) is 2.05. The van der Waals surface area contributed by atoms with E-state index in [0.717, 1.165) is 21.2 Å². The van der Waals surface area contributed by atoms with Crippen molar-refractivity contribution in [2.24, 2.45) is 5.92 Å². The van der Waals surface area contributed by atoms with Crippen LogP contribution in [-0.2, 0) is 11.8 Å². The topological polar surface area (TPSA) is 52.0 Å². The van der Waals surface area contributed by atoms with Crippen molar-refractivity contribution in [2.45, 2.75) is 24.9 Å². The van der Waals surface area contributed by atoms with Gasteiger partial charge in [0.15, 0.2) is 11.6 Å². The fraction of sp³-hybridized carbons (Fsp3) is 0.357.